The molecule has 1 nitrogen and oxygen atoms in total. The first kappa shape index (κ1) is 11.9. The van der Waals surface area contributed by atoms with Crippen molar-refractivity contribution in [2.45, 2.75) is 18.4 Å². The lowest BCUT2D eigenvalue weighted by molar-refractivity contribution is -0.116. The highest BCUT2D eigenvalue weighted by atomic mass is 79.9. The van der Waals surface area contributed by atoms with Crippen LogP contribution in [0.3, 0.4) is 0 Å². The standard InChI is InChI=1S/C10H9Br2FO/c1-6(14)10(12)8-4-7(5-13)2-3-9(8)11/h2-4,10H,5H2,1H3. The average molecular weight is 324 g/mol. The Kier molecular flexibility index (Phi) is 4.26. The zero-order chi connectivity index (χ0) is 10.7. The molecule has 0 aliphatic rings. The molecular weight excluding hydrogens is 315 g/mol. The van der Waals surface area contributed by atoms with Gasteiger partial charge in [0.25, 0.3) is 0 Å². The van der Waals surface area contributed by atoms with E-state index in [0.717, 1.165) is 10.0 Å². The van der Waals surface area contributed by atoms with Crippen molar-refractivity contribution >= 4 is 37.6 Å². The van der Waals surface area contributed by atoms with Crippen molar-refractivity contribution in [3.8, 4) is 0 Å². The Hall–Kier alpha value is -0.220. The van der Waals surface area contributed by atoms with Crippen molar-refractivity contribution in [1.29, 1.82) is 0 Å². The van der Waals surface area contributed by atoms with Gasteiger partial charge < -0.3 is 0 Å². The Balaban J connectivity index is 3.11. The number of Topliss-reactive ketones (excluding diaryl/α,β-unsaturated/α-hetero) is 1. The summed E-state index contributed by atoms with van der Waals surface area (Å²) in [7, 11) is 0. The first-order valence-corrected chi connectivity index (χ1v) is 5.76. The number of carbonyl (C=O) groups excluding carboxylic acids is 1. The van der Waals surface area contributed by atoms with Gasteiger partial charge in [-0.15, -0.1) is 0 Å². The first-order chi connectivity index (χ1) is 6.56. The molecule has 0 radical (unpaired) electrons. The summed E-state index contributed by atoms with van der Waals surface area (Å²) >= 11 is 6.59. The molecule has 0 aliphatic carbocycles. The van der Waals surface area contributed by atoms with Gasteiger partial charge in [0, 0.05) is 4.47 Å². The van der Waals surface area contributed by atoms with Gasteiger partial charge in [0.2, 0.25) is 0 Å². The van der Waals surface area contributed by atoms with Gasteiger partial charge in [0.05, 0.1) is 4.83 Å². The van der Waals surface area contributed by atoms with E-state index in [4.69, 9.17) is 0 Å². The second-order valence-corrected chi connectivity index (χ2v) is 4.73. The van der Waals surface area contributed by atoms with E-state index in [1.807, 2.05) is 0 Å². The largest absolute Gasteiger partial charge is 0.298 e. The summed E-state index contributed by atoms with van der Waals surface area (Å²) in [5.74, 6) is 0.00158. The Labute approximate surface area is 99.0 Å². The molecule has 0 bridgehead atoms. The summed E-state index contributed by atoms with van der Waals surface area (Å²) in [5.41, 5.74) is 1.35. The van der Waals surface area contributed by atoms with E-state index in [9.17, 15) is 9.18 Å². The van der Waals surface area contributed by atoms with Crippen LogP contribution in [-0.4, -0.2) is 5.78 Å². The SMILES string of the molecule is CC(=O)C(Br)c1cc(CF)ccc1Br. The molecule has 1 unspecified atom stereocenters. The molecule has 0 spiro atoms. The van der Waals surface area contributed by atoms with Gasteiger partial charge in [-0.1, -0.05) is 44.0 Å². The van der Waals surface area contributed by atoms with E-state index in [2.05, 4.69) is 31.9 Å². The molecule has 76 valence electrons. The minimum Gasteiger partial charge on any atom is -0.298 e. The van der Waals surface area contributed by atoms with Crippen LogP contribution >= 0.6 is 31.9 Å². The molecule has 0 amide bonds. The van der Waals surface area contributed by atoms with Gasteiger partial charge in [-0.25, -0.2) is 4.39 Å². The van der Waals surface area contributed by atoms with Gasteiger partial charge in [-0.05, 0) is 24.1 Å². The molecule has 1 rings (SSSR count). The first-order valence-electron chi connectivity index (χ1n) is 4.05. The predicted octanol–water partition coefficient (Wildman–Crippen LogP) is 3.94. The third-order valence-corrected chi connectivity index (χ3v) is 3.70. The maximum atomic E-state index is 12.4. The smallest absolute Gasteiger partial charge is 0.147 e. The van der Waals surface area contributed by atoms with Crippen molar-refractivity contribution in [2.75, 3.05) is 0 Å². The number of hydrogen-bond acceptors (Lipinski definition) is 1. The zero-order valence-electron chi connectivity index (χ0n) is 7.56. The van der Waals surface area contributed by atoms with Crippen molar-refractivity contribution in [1.82, 2.24) is 0 Å². The second kappa shape index (κ2) is 5.03. The van der Waals surface area contributed by atoms with Crippen LogP contribution in [-0.2, 0) is 11.5 Å². The normalized spacial score (nSPS) is 12.6. The summed E-state index contributed by atoms with van der Waals surface area (Å²) in [6.07, 6.45) is 0. The van der Waals surface area contributed by atoms with Crippen LogP contribution in [0.4, 0.5) is 4.39 Å². The number of alkyl halides is 2. The van der Waals surface area contributed by atoms with Crippen LogP contribution in [0.1, 0.15) is 22.9 Å². The van der Waals surface area contributed by atoms with E-state index in [1.54, 1.807) is 18.2 Å². The molecule has 4 heteroatoms. The summed E-state index contributed by atoms with van der Waals surface area (Å²) in [6.45, 7) is 0.978. The second-order valence-electron chi connectivity index (χ2n) is 2.96. The topological polar surface area (TPSA) is 17.1 Å². The summed E-state index contributed by atoms with van der Waals surface area (Å²) in [4.78, 5) is 10.8. The number of rotatable bonds is 3. The summed E-state index contributed by atoms with van der Waals surface area (Å²) < 4.78 is 13.2. The number of carbonyl (C=O) groups is 1. The quantitative estimate of drug-likeness (QED) is 0.770. The Morgan fingerprint density at radius 3 is 2.71 bits per heavy atom. The van der Waals surface area contributed by atoms with Gasteiger partial charge in [-0.3, -0.25) is 4.79 Å². The number of halogens is 3. The van der Waals surface area contributed by atoms with Gasteiger partial charge in [0.15, 0.2) is 0 Å². The minimum atomic E-state index is -0.516. The predicted molar refractivity (Wildman–Crippen MR) is 61.3 cm³/mol. The van der Waals surface area contributed by atoms with Crippen molar-refractivity contribution < 1.29 is 9.18 Å². The van der Waals surface area contributed by atoms with E-state index in [-0.39, 0.29) is 10.6 Å². The molecule has 1 atom stereocenters. The molecule has 0 saturated carbocycles. The molecule has 1 aromatic carbocycles. The Bertz CT molecular complexity index is 352. The van der Waals surface area contributed by atoms with Crippen LogP contribution < -0.4 is 0 Å². The maximum Gasteiger partial charge on any atom is 0.147 e. The molecule has 0 aliphatic heterocycles. The molecule has 0 saturated heterocycles. The van der Waals surface area contributed by atoms with Gasteiger partial charge >= 0.3 is 0 Å². The van der Waals surface area contributed by atoms with Crippen molar-refractivity contribution in [3.05, 3.63) is 33.8 Å². The average Bonchev–Trinajstić information content (AvgIpc) is 2.17. The minimum absolute atomic E-state index is 0.00158. The van der Waals surface area contributed by atoms with E-state index in [1.165, 1.54) is 6.92 Å². The molecule has 0 aromatic heterocycles. The molecule has 14 heavy (non-hydrogen) atoms. The van der Waals surface area contributed by atoms with Crippen LogP contribution in [0.15, 0.2) is 22.7 Å². The summed E-state index contributed by atoms with van der Waals surface area (Å²) in [6, 6.07) is 5.12. The van der Waals surface area contributed by atoms with E-state index >= 15 is 0 Å². The van der Waals surface area contributed by atoms with Crippen LogP contribution in [0.2, 0.25) is 0 Å². The summed E-state index contributed by atoms with van der Waals surface area (Å²) in [5, 5.41) is 0. The van der Waals surface area contributed by atoms with E-state index < -0.39 is 6.67 Å². The Morgan fingerprint density at radius 1 is 1.57 bits per heavy atom. The fourth-order valence-corrected chi connectivity index (χ4v) is 2.25. The lowest BCUT2D eigenvalue weighted by Gasteiger charge is -2.09. The lowest BCUT2D eigenvalue weighted by atomic mass is 10.1. The van der Waals surface area contributed by atoms with E-state index in [0.29, 0.717) is 5.56 Å². The van der Waals surface area contributed by atoms with Gasteiger partial charge in [-0.2, -0.15) is 0 Å². The lowest BCUT2D eigenvalue weighted by Crippen LogP contribution is -2.02. The van der Waals surface area contributed by atoms with Crippen LogP contribution in [0, 0.1) is 0 Å². The fourth-order valence-electron chi connectivity index (χ4n) is 1.09. The molecule has 0 N–H and O–H groups in total. The highest BCUT2D eigenvalue weighted by Gasteiger charge is 2.15. The molecular formula is C10H9Br2FO. The maximum absolute atomic E-state index is 12.4. The van der Waals surface area contributed by atoms with Gasteiger partial charge in [0.1, 0.15) is 12.5 Å². The third kappa shape index (κ3) is 2.64. The number of ketones is 1. The molecule has 0 fully saturated rings. The van der Waals surface area contributed by atoms with Crippen molar-refractivity contribution in [3.63, 3.8) is 0 Å². The third-order valence-electron chi connectivity index (χ3n) is 1.84. The monoisotopic (exact) mass is 322 g/mol. The van der Waals surface area contributed by atoms with Crippen LogP contribution in [0.5, 0.6) is 0 Å². The highest BCUT2D eigenvalue weighted by molar-refractivity contribution is 9.11. The molecule has 1 aromatic rings. The molecule has 0 heterocycles. The zero-order valence-corrected chi connectivity index (χ0v) is 10.7. The Morgan fingerprint density at radius 2 is 2.21 bits per heavy atom. The number of hydrogen-bond donors (Lipinski definition) is 0. The van der Waals surface area contributed by atoms with Crippen molar-refractivity contribution in [2.24, 2.45) is 0 Å². The highest BCUT2D eigenvalue weighted by Crippen LogP contribution is 2.31. The number of benzene rings is 1. The van der Waals surface area contributed by atoms with Crippen LogP contribution in [0.25, 0.3) is 0 Å². The fraction of sp³-hybridized carbons (Fsp3) is 0.300.